The van der Waals surface area contributed by atoms with Crippen molar-refractivity contribution in [3.05, 3.63) is 47.7 Å². The number of nitrogens with zero attached hydrogens (tertiary/aromatic N) is 3. The van der Waals surface area contributed by atoms with Gasteiger partial charge in [0.05, 0.1) is 24.6 Å². The lowest BCUT2D eigenvalue weighted by atomic mass is 9.68. The molecule has 1 aromatic heterocycles. The molecule has 8 heteroatoms. The summed E-state index contributed by atoms with van der Waals surface area (Å²) in [6, 6.07) is 12.2. The molecule has 3 aromatic rings. The first-order valence-corrected chi connectivity index (χ1v) is 11.3. The van der Waals surface area contributed by atoms with Crippen LogP contribution < -0.4 is 21.3 Å². The number of hydrogen-bond donors (Lipinski definition) is 3. The molecule has 4 unspecified atom stereocenters. The lowest BCUT2D eigenvalue weighted by Crippen LogP contribution is -2.62. The Hall–Kier alpha value is -3.41. The summed E-state index contributed by atoms with van der Waals surface area (Å²) in [6.45, 7) is 0.467. The summed E-state index contributed by atoms with van der Waals surface area (Å²) in [5, 5.41) is 16.5. The number of benzene rings is 2. The van der Waals surface area contributed by atoms with Crippen molar-refractivity contribution in [2.24, 2.45) is 24.6 Å². The zero-order valence-corrected chi connectivity index (χ0v) is 18.8. The van der Waals surface area contributed by atoms with Crippen molar-refractivity contribution in [1.29, 1.82) is 5.26 Å². The molecule has 0 radical (unpaired) electrons. The number of hydrogen-bond acceptors (Lipinski definition) is 6. The van der Waals surface area contributed by atoms with Crippen LogP contribution in [0.15, 0.2) is 36.5 Å². The number of nitrogens with one attached hydrogen (secondary N) is 2. The van der Waals surface area contributed by atoms with Crippen molar-refractivity contribution in [2.45, 2.75) is 31.2 Å². The fourth-order valence-corrected chi connectivity index (χ4v) is 5.76. The molecule has 1 aliphatic carbocycles. The number of ether oxygens (including phenoxy) is 1. The molecule has 1 saturated heterocycles. The summed E-state index contributed by atoms with van der Waals surface area (Å²) < 4.78 is 7.54. The second-order valence-electron chi connectivity index (χ2n) is 8.99. The Morgan fingerprint density at radius 1 is 1.30 bits per heavy atom. The number of nitriles is 1. The van der Waals surface area contributed by atoms with E-state index in [0.717, 1.165) is 52.6 Å². The number of carbonyl (C=O) groups excluding carboxylic acids is 1. The van der Waals surface area contributed by atoms with Gasteiger partial charge in [-0.05, 0) is 37.2 Å². The molecule has 2 aliphatic rings. The van der Waals surface area contributed by atoms with Crippen molar-refractivity contribution in [3.8, 4) is 23.1 Å². The van der Waals surface area contributed by atoms with E-state index in [4.69, 9.17) is 10.5 Å². The second-order valence-corrected chi connectivity index (χ2v) is 8.99. The number of methoxy groups -OCH3 is 1. The Morgan fingerprint density at radius 2 is 2.09 bits per heavy atom. The van der Waals surface area contributed by atoms with Crippen LogP contribution >= 0.6 is 0 Å². The molecule has 170 valence electrons. The first-order chi connectivity index (χ1) is 16.1. The molecule has 8 nitrogen and oxygen atoms in total. The number of amides is 1. The molecule has 4 atom stereocenters. The minimum atomic E-state index is -0.0217. The van der Waals surface area contributed by atoms with Gasteiger partial charge >= 0.3 is 0 Å². The van der Waals surface area contributed by atoms with E-state index in [1.54, 1.807) is 7.11 Å². The Labute approximate surface area is 192 Å². The summed E-state index contributed by atoms with van der Waals surface area (Å²) in [7, 11) is 3.56. The molecule has 2 heterocycles. The van der Waals surface area contributed by atoms with Gasteiger partial charge in [-0.25, -0.2) is 5.43 Å². The molecule has 1 saturated carbocycles. The van der Waals surface area contributed by atoms with Gasteiger partial charge in [-0.2, -0.15) is 10.4 Å². The average Bonchev–Trinajstić information content (AvgIpc) is 3.24. The van der Waals surface area contributed by atoms with Gasteiger partial charge in [0.1, 0.15) is 11.8 Å². The highest BCUT2D eigenvalue weighted by Crippen LogP contribution is 2.46. The predicted octanol–water partition coefficient (Wildman–Crippen LogP) is 2.58. The third kappa shape index (κ3) is 3.45. The molecule has 0 bridgehead atoms. The summed E-state index contributed by atoms with van der Waals surface area (Å²) in [4.78, 5) is 12.4. The number of aromatic nitrogens is 2. The lowest BCUT2D eigenvalue weighted by Gasteiger charge is -2.43. The summed E-state index contributed by atoms with van der Waals surface area (Å²) in [6.07, 6.45) is 4.45. The molecule has 2 fully saturated rings. The van der Waals surface area contributed by atoms with Crippen LogP contribution in [0.3, 0.4) is 0 Å². The molecular weight excluding hydrogens is 416 g/mol. The topological polar surface area (TPSA) is 118 Å². The third-order valence-corrected chi connectivity index (χ3v) is 7.39. The third-order valence-electron chi connectivity index (χ3n) is 7.39. The van der Waals surface area contributed by atoms with Gasteiger partial charge in [0, 0.05) is 47.5 Å². The number of aryl methyl sites for hydroxylation is 1. The van der Waals surface area contributed by atoms with Crippen LogP contribution in [0, 0.1) is 23.2 Å². The highest BCUT2D eigenvalue weighted by Gasteiger charge is 2.43. The van der Waals surface area contributed by atoms with Crippen LogP contribution in [0.2, 0.25) is 0 Å². The van der Waals surface area contributed by atoms with E-state index in [2.05, 4.69) is 22.0 Å². The summed E-state index contributed by atoms with van der Waals surface area (Å²) >= 11 is 0. The molecular formula is C25H28N6O2. The van der Waals surface area contributed by atoms with Gasteiger partial charge in [-0.3, -0.25) is 14.9 Å². The smallest absolute Gasteiger partial charge is 0.237 e. The van der Waals surface area contributed by atoms with Crippen molar-refractivity contribution < 1.29 is 9.53 Å². The standard InChI is InChI=1S/C25H28N6O2/c1-31-24(19-10-23(33-2)16-6-4-3-5-15(16)20(19)11-26)21(13-28-31)14-7-8-17-18(9-14)22(12-27)29-30-25(17)32/h3-6,10,13-14,17-18,22,29H,7-9,12,27H2,1-2H3,(H,30,32). The van der Waals surface area contributed by atoms with Crippen molar-refractivity contribution in [2.75, 3.05) is 13.7 Å². The zero-order chi connectivity index (χ0) is 23.1. The maximum absolute atomic E-state index is 12.4. The van der Waals surface area contributed by atoms with Crippen molar-refractivity contribution in [3.63, 3.8) is 0 Å². The largest absolute Gasteiger partial charge is 0.496 e. The highest BCUT2D eigenvalue weighted by atomic mass is 16.5. The minimum absolute atomic E-state index is 0.0217. The van der Waals surface area contributed by atoms with Crippen LogP contribution in [-0.4, -0.2) is 35.4 Å². The first kappa shape index (κ1) is 21.4. The SMILES string of the molecule is COc1cc(-c2c(C3CCC4C(=O)NNC(CN)C4C3)cnn2C)c(C#N)c2ccccc12. The first-order valence-electron chi connectivity index (χ1n) is 11.3. The summed E-state index contributed by atoms with van der Waals surface area (Å²) in [5.74, 6) is 1.15. The maximum atomic E-state index is 12.4. The lowest BCUT2D eigenvalue weighted by molar-refractivity contribution is -0.133. The highest BCUT2D eigenvalue weighted by molar-refractivity contribution is 5.98. The monoisotopic (exact) mass is 444 g/mol. The van der Waals surface area contributed by atoms with E-state index >= 15 is 0 Å². The Kier molecular flexibility index (Phi) is 5.52. The van der Waals surface area contributed by atoms with Crippen molar-refractivity contribution >= 4 is 16.7 Å². The molecule has 4 N–H and O–H groups in total. The van der Waals surface area contributed by atoms with E-state index in [9.17, 15) is 10.1 Å². The molecule has 1 amide bonds. The normalized spacial score (nSPS) is 24.7. The molecule has 1 aliphatic heterocycles. The van der Waals surface area contributed by atoms with Crippen LogP contribution in [0.1, 0.15) is 36.3 Å². The molecule has 5 rings (SSSR count). The van der Waals surface area contributed by atoms with Gasteiger partial charge in [0.2, 0.25) is 5.91 Å². The Balaban J connectivity index is 1.61. The molecule has 2 aromatic carbocycles. The number of hydrazine groups is 1. The van der Waals surface area contributed by atoms with E-state index in [-0.39, 0.29) is 29.7 Å². The minimum Gasteiger partial charge on any atom is -0.496 e. The Morgan fingerprint density at radius 3 is 2.82 bits per heavy atom. The molecule has 33 heavy (non-hydrogen) atoms. The van der Waals surface area contributed by atoms with Gasteiger partial charge in [-0.15, -0.1) is 0 Å². The van der Waals surface area contributed by atoms with Gasteiger partial charge in [-0.1, -0.05) is 24.3 Å². The maximum Gasteiger partial charge on any atom is 0.237 e. The van der Waals surface area contributed by atoms with Crippen LogP contribution in [0.4, 0.5) is 0 Å². The quantitative estimate of drug-likeness (QED) is 0.569. The van der Waals surface area contributed by atoms with Gasteiger partial charge in [0.25, 0.3) is 0 Å². The van der Waals surface area contributed by atoms with E-state index in [1.165, 1.54) is 0 Å². The Bertz CT molecular complexity index is 1260. The number of carbonyl (C=O) groups is 1. The fraction of sp³-hybridized carbons (Fsp3) is 0.400. The van der Waals surface area contributed by atoms with E-state index in [0.29, 0.717) is 12.1 Å². The predicted molar refractivity (Wildman–Crippen MR) is 125 cm³/mol. The molecule has 0 spiro atoms. The van der Waals surface area contributed by atoms with Gasteiger partial charge < -0.3 is 10.5 Å². The number of nitrogens with two attached hydrogens (primary N) is 1. The van der Waals surface area contributed by atoms with Gasteiger partial charge in [0.15, 0.2) is 0 Å². The average molecular weight is 445 g/mol. The van der Waals surface area contributed by atoms with E-state index < -0.39 is 0 Å². The summed E-state index contributed by atoms with van der Waals surface area (Å²) in [5.41, 5.74) is 15.3. The fourth-order valence-electron chi connectivity index (χ4n) is 5.76. The zero-order valence-electron chi connectivity index (χ0n) is 18.8. The van der Waals surface area contributed by atoms with Crippen LogP contribution in [-0.2, 0) is 11.8 Å². The van der Waals surface area contributed by atoms with Crippen LogP contribution in [0.5, 0.6) is 5.75 Å². The second kappa shape index (κ2) is 8.50. The van der Waals surface area contributed by atoms with Crippen molar-refractivity contribution in [1.82, 2.24) is 20.6 Å². The van der Waals surface area contributed by atoms with Crippen LogP contribution in [0.25, 0.3) is 22.0 Å². The van der Waals surface area contributed by atoms with E-state index in [1.807, 2.05) is 48.3 Å². The number of rotatable bonds is 4. The number of fused-ring (bicyclic) bond motifs is 2.